The Kier molecular flexibility index (Phi) is 12.6. The van der Waals surface area contributed by atoms with Gasteiger partial charge in [0.2, 0.25) is 10.0 Å². The maximum atomic E-state index is 13.4. The third-order valence-corrected chi connectivity index (χ3v) is 14.3. The van der Waals surface area contributed by atoms with Gasteiger partial charge in [0.1, 0.15) is 11.4 Å². The number of nitrogens with zero attached hydrogens (tertiary/aromatic N) is 3. The van der Waals surface area contributed by atoms with Crippen LogP contribution in [0.2, 0.25) is 5.02 Å². The van der Waals surface area contributed by atoms with Crippen molar-refractivity contribution in [2.75, 3.05) is 63.9 Å². The Morgan fingerprint density at radius 1 is 1.09 bits per heavy atom. The smallest absolute Gasteiger partial charge is 0.264 e. The van der Waals surface area contributed by atoms with Gasteiger partial charge < -0.3 is 14.4 Å². The minimum Gasteiger partial charge on any atom is -0.490 e. The number of rotatable bonds is 13. The molecule has 1 saturated carbocycles. The highest BCUT2D eigenvalue weighted by Crippen LogP contribution is 2.49. The maximum Gasteiger partial charge on any atom is 0.264 e. The number of ether oxygens (including phenoxy) is 2. The van der Waals surface area contributed by atoms with Crippen molar-refractivity contribution in [1.29, 1.82) is 0 Å². The average Bonchev–Trinajstić information content (AvgIpc) is 3.26. The van der Waals surface area contributed by atoms with E-state index in [0.29, 0.717) is 42.4 Å². The van der Waals surface area contributed by atoms with E-state index in [0.717, 1.165) is 95.0 Å². The van der Waals surface area contributed by atoms with E-state index >= 15 is 0 Å². The standard InChI is InChI=1S/C42H61ClN4O5S/c1-7-9-19-42(52-8-2,28-45-20-22-46(23-21-45)30(3)4)37-15-12-34(37)26-47-27-41(18-10-11-32-24-35(43)14-16-36(32)41)29-51-39-17-13-33(25-38(39)47)40(48)44-53(49,50)31(5)6/h9,13-14,16-17,19,24-25,30-31,34,37H,7-8,10-12,15,18,20-23,26-29H2,1-6H3,(H,44,48)/b19-9+/t34-,37+,41-,42+/m0/s1. The minimum absolute atomic E-state index is 0.269. The summed E-state index contributed by atoms with van der Waals surface area (Å²) in [5.41, 5.74) is 3.02. The molecular formula is C42H61ClN4O5S. The molecule has 0 bridgehead atoms. The summed E-state index contributed by atoms with van der Waals surface area (Å²) in [5, 5.41) is 0.0200. The first-order valence-corrected chi connectivity index (χ1v) is 21.9. The molecule has 0 radical (unpaired) electrons. The summed E-state index contributed by atoms with van der Waals surface area (Å²) in [6, 6.07) is 12.2. The minimum atomic E-state index is -3.80. The fourth-order valence-electron chi connectivity index (χ4n) is 9.14. The number of carbonyl (C=O) groups is 1. The SMILES string of the molecule is CC/C=C/[C@](CN1CCN(C(C)C)CC1)(OCC)[C@@H]1CC[C@H]1CN1C[C@@]2(CCCc3cc(Cl)ccc32)COc2ccc(C(=O)NS(=O)(=O)C(C)C)cc21. The zero-order valence-corrected chi connectivity index (χ0v) is 34.3. The summed E-state index contributed by atoms with van der Waals surface area (Å²) in [6.45, 7) is 19.7. The van der Waals surface area contributed by atoms with Crippen LogP contribution >= 0.6 is 11.6 Å². The Morgan fingerprint density at radius 2 is 1.87 bits per heavy atom. The summed E-state index contributed by atoms with van der Waals surface area (Å²) in [7, 11) is -3.80. The number of carbonyl (C=O) groups excluding carboxylic acids is 1. The van der Waals surface area contributed by atoms with Gasteiger partial charge in [-0.25, -0.2) is 13.1 Å². The largest absolute Gasteiger partial charge is 0.490 e. The Balaban J connectivity index is 1.35. The molecule has 0 aromatic heterocycles. The fraction of sp³-hybridized carbons (Fsp3) is 0.643. The van der Waals surface area contributed by atoms with E-state index < -0.39 is 26.8 Å². The van der Waals surface area contributed by atoms with Crippen molar-refractivity contribution >= 4 is 33.2 Å². The van der Waals surface area contributed by atoms with Gasteiger partial charge >= 0.3 is 0 Å². The molecule has 2 aromatic rings. The molecule has 0 unspecified atom stereocenters. The van der Waals surface area contributed by atoms with E-state index in [1.807, 2.05) is 18.2 Å². The van der Waals surface area contributed by atoms with Crippen LogP contribution in [-0.2, 0) is 26.6 Å². The number of sulfonamides is 1. The van der Waals surface area contributed by atoms with Crippen molar-refractivity contribution in [3.8, 4) is 5.75 Å². The molecule has 2 heterocycles. The third kappa shape index (κ3) is 8.62. The lowest BCUT2D eigenvalue weighted by molar-refractivity contribution is -0.113. The molecule has 11 heteroatoms. The molecule has 292 valence electrons. The van der Waals surface area contributed by atoms with E-state index in [1.165, 1.54) is 11.1 Å². The van der Waals surface area contributed by atoms with Crippen LogP contribution in [-0.4, -0.2) is 100 Å². The second kappa shape index (κ2) is 16.6. The molecule has 9 nitrogen and oxygen atoms in total. The van der Waals surface area contributed by atoms with Crippen molar-refractivity contribution in [3.63, 3.8) is 0 Å². The molecule has 1 amide bonds. The second-order valence-corrected chi connectivity index (χ2v) is 19.0. The van der Waals surface area contributed by atoms with Gasteiger partial charge in [0.15, 0.2) is 0 Å². The number of aryl methyl sites for hydroxylation is 1. The van der Waals surface area contributed by atoms with Crippen LogP contribution in [0.25, 0.3) is 0 Å². The lowest BCUT2D eigenvalue weighted by Gasteiger charge is -2.52. The number of halogens is 1. The molecule has 4 atom stereocenters. The lowest BCUT2D eigenvalue weighted by Crippen LogP contribution is -2.59. The topological polar surface area (TPSA) is 91.4 Å². The van der Waals surface area contributed by atoms with E-state index in [-0.39, 0.29) is 5.41 Å². The number of hydrogen-bond donors (Lipinski definition) is 1. The van der Waals surface area contributed by atoms with E-state index in [9.17, 15) is 13.2 Å². The molecule has 4 aliphatic rings. The predicted molar refractivity (Wildman–Crippen MR) is 215 cm³/mol. The Morgan fingerprint density at radius 3 is 2.53 bits per heavy atom. The molecule has 2 aromatic carbocycles. The van der Waals surface area contributed by atoms with Gasteiger partial charge in [-0.1, -0.05) is 36.7 Å². The second-order valence-electron chi connectivity index (χ2n) is 16.4. The van der Waals surface area contributed by atoms with Crippen LogP contribution in [0.3, 0.4) is 0 Å². The molecule has 2 aliphatic heterocycles. The molecule has 53 heavy (non-hydrogen) atoms. The zero-order valence-electron chi connectivity index (χ0n) is 32.7. The highest BCUT2D eigenvalue weighted by Gasteiger charge is 2.50. The monoisotopic (exact) mass is 768 g/mol. The summed E-state index contributed by atoms with van der Waals surface area (Å²) < 4.78 is 41.3. The summed E-state index contributed by atoms with van der Waals surface area (Å²) >= 11 is 6.51. The number of nitrogens with one attached hydrogen (secondary N) is 1. The molecule has 2 aliphatic carbocycles. The highest BCUT2D eigenvalue weighted by molar-refractivity contribution is 7.90. The van der Waals surface area contributed by atoms with Gasteiger partial charge in [0.25, 0.3) is 5.91 Å². The molecule has 1 saturated heterocycles. The van der Waals surface area contributed by atoms with E-state index in [1.54, 1.807) is 19.9 Å². The van der Waals surface area contributed by atoms with Crippen LogP contribution in [0.4, 0.5) is 5.69 Å². The number of allylic oxidation sites excluding steroid dienone is 1. The number of piperazine rings is 1. The number of benzene rings is 2. The van der Waals surface area contributed by atoms with Gasteiger partial charge in [0.05, 0.1) is 17.5 Å². The van der Waals surface area contributed by atoms with E-state index in [4.69, 9.17) is 21.1 Å². The summed E-state index contributed by atoms with van der Waals surface area (Å²) in [5.74, 6) is 0.747. The van der Waals surface area contributed by atoms with Crippen molar-refractivity contribution in [2.24, 2.45) is 11.8 Å². The van der Waals surface area contributed by atoms with Crippen LogP contribution < -0.4 is 14.4 Å². The third-order valence-electron chi connectivity index (χ3n) is 12.3. The Hall–Kier alpha value is -2.63. The van der Waals surface area contributed by atoms with Gasteiger partial charge in [-0.05, 0) is 126 Å². The van der Waals surface area contributed by atoms with Gasteiger partial charge in [-0.2, -0.15) is 0 Å². The van der Waals surface area contributed by atoms with Crippen LogP contribution in [0.5, 0.6) is 5.75 Å². The van der Waals surface area contributed by atoms with Crippen LogP contribution in [0, 0.1) is 11.8 Å². The number of fused-ring (bicyclic) bond motifs is 3. The maximum absolute atomic E-state index is 13.4. The molecule has 2 fully saturated rings. The normalized spacial score (nSPS) is 25.1. The Labute approximate surface area is 323 Å². The average molecular weight is 769 g/mol. The van der Waals surface area contributed by atoms with Crippen molar-refractivity contribution < 1.29 is 22.7 Å². The fourth-order valence-corrected chi connectivity index (χ4v) is 9.95. The van der Waals surface area contributed by atoms with Crippen LogP contribution in [0.15, 0.2) is 48.6 Å². The van der Waals surface area contributed by atoms with Gasteiger partial charge in [0, 0.05) is 74.5 Å². The van der Waals surface area contributed by atoms with Gasteiger partial charge in [-0.3, -0.25) is 14.6 Å². The van der Waals surface area contributed by atoms with Gasteiger partial charge in [-0.15, -0.1) is 0 Å². The number of hydrogen-bond acceptors (Lipinski definition) is 8. The lowest BCUT2D eigenvalue weighted by atomic mass is 9.63. The molecule has 1 N–H and O–H groups in total. The number of anilines is 1. The summed E-state index contributed by atoms with van der Waals surface area (Å²) in [6.07, 6.45) is 10.8. The first-order chi connectivity index (χ1) is 25.3. The highest BCUT2D eigenvalue weighted by atomic mass is 35.5. The number of amides is 1. The first-order valence-electron chi connectivity index (χ1n) is 19.9. The van der Waals surface area contributed by atoms with Crippen LogP contribution in [0.1, 0.15) is 95.1 Å². The van der Waals surface area contributed by atoms with Crippen molar-refractivity contribution in [1.82, 2.24) is 14.5 Å². The Bertz CT molecular complexity index is 1740. The molecule has 6 rings (SSSR count). The molecule has 1 spiro atoms. The van der Waals surface area contributed by atoms with Crippen molar-refractivity contribution in [2.45, 2.75) is 102 Å². The van der Waals surface area contributed by atoms with E-state index in [2.05, 4.69) is 71.4 Å². The molecular weight excluding hydrogens is 708 g/mol. The quantitative estimate of drug-likeness (QED) is 0.217. The van der Waals surface area contributed by atoms with Crippen molar-refractivity contribution in [3.05, 3.63) is 70.3 Å². The first kappa shape index (κ1) is 40.0. The zero-order chi connectivity index (χ0) is 38.0. The predicted octanol–water partition coefficient (Wildman–Crippen LogP) is 7.07. The summed E-state index contributed by atoms with van der Waals surface area (Å²) in [4.78, 5) is 21.0.